The van der Waals surface area contributed by atoms with Gasteiger partial charge in [-0.25, -0.2) is 0 Å². The number of nitrogens with one attached hydrogen (secondary N) is 1. The highest BCUT2D eigenvalue weighted by Gasteiger charge is 2.11. The molecule has 0 aliphatic rings. The maximum atomic E-state index is 10.7. The molecule has 0 aromatic heterocycles. The fourth-order valence-electron chi connectivity index (χ4n) is 1.60. The van der Waals surface area contributed by atoms with Gasteiger partial charge in [0.2, 0.25) is 0 Å². The summed E-state index contributed by atoms with van der Waals surface area (Å²) in [5.41, 5.74) is 8.42. The van der Waals surface area contributed by atoms with Gasteiger partial charge in [-0.2, -0.15) is 0 Å². The first-order valence-electron chi connectivity index (χ1n) is 5.58. The van der Waals surface area contributed by atoms with Crippen molar-refractivity contribution in [1.82, 2.24) is 0 Å². The van der Waals surface area contributed by atoms with E-state index in [4.69, 9.17) is 5.73 Å². The van der Waals surface area contributed by atoms with Crippen molar-refractivity contribution >= 4 is 39.7 Å². The van der Waals surface area contributed by atoms with Gasteiger partial charge in [-0.05, 0) is 52.4 Å². The molecule has 0 aliphatic carbocycles. The van der Waals surface area contributed by atoms with E-state index < -0.39 is 0 Å². The first-order valence-corrected chi connectivity index (χ1v) is 6.66. The normalized spacial score (nSPS) is 10.2. The van der Waals surface area contributed by atoms with Gasteiger partial charge in [0.05, 0.1) is 8.49 Å². The van der Waals surface area contributed by atoms with Gasteiger partial charge in [0.1, 0.15) is 0 Å². The minimum absolute atomic E-state index is 0.124. The fraction of sp³-hybridized carbons (Fsp3) is 0.0769. The zero-order valence-electron chi connectivity index (χ0n) is 9.97. The molecule has 0 fully saturated rings. The van der Waals surface area contributed by atoms with E-state index in [0.29, 0.717) is 10.1 Å². The van der Waals surface area contributed by atoms with E-state index in [0.717, 1.165) is 16.9 Å². The number of anilines is 2. The zero-order chi connectivity index (χ0) is 13.8. The zero-order valence-corrected chi connectivity index (χ0v) is 12.1. The molecule has 0 unspecified atom stereocenters. The second-order valence-corrected chi connectivity index (χ2v) is 5.18. The number of hydrogen-bond donors (Lipinski definition) is 2. The Balaban J connectivity index is 2.06. The van der Waals surface area contributed by atoms with Crippen LogP contribution in [0.2, 0.25) is 0 Å². The molecule has 98 valence electrons. The average Bonchev–Trinajstić information content (AvgIpc) is 2.37. The molecule has 2 aromatic rings. The van der Waals surface area contributed by atoms with E-state index >= 15 is 0 Å². The number of halogens is 1. The molecule has 0 bridgehead atoms. The molecule has 0 spiro atoms. The molecular weight excluding hydrogens is 357 g/mol. The molecule has 2 rings (SSSR count). The summed E-state index contributed by atoms with van der Waals surface area (Å²) in [7, 11) is 0. The third-order valence-corrected chi connectivity index (χ3v) is 3.48. The average molecular weight is 369 g/mol. The standard InChI is InChI=1S/C13H12IN3O2/c14-12-7-11(5-6-13(12)17(18)19)16-8-9-1-3-10(15)4-2-9/h1-7,16H,8,15H2. The second kappa shape index (κ2) is 5.87. The first-order chi connectivity index (χ1) is 9.06. The fourth-order valence-corrected chi connectivity index (χ4v) is 2.32. The highest BCUT2D eigenvalue weighted by atomic mass is 127. The highest BCUT2D eigenvalue weighted by Crippen LogP contribution is 2.24. The number of rotatable bonds is 4. The number of nitrogens with zero attached hydrogens (tertiary/aromatic N) is 1. The SMILES string of the molecule is Nc1ccc(CNc2ccc([N+](=O)[O-])c(I)c2)cc1. The Morgan fingerprint density at radius 3 is 2.47 bits per heavy atom. The Bertz CT molecular complexity index is 599. The van der Waals surface area contributed by atoms with Crippen LogP contribution in [0.15, 0.2) is 42.5 Å². The van der Waals surface area contributed by atoms with Crippen LogP contribution in [0.3, 0.4) is 0 Å². The lowest BCUT2D eigenvalue weighted by molar-refractivity contribution is -0.385. The Hall–Kier alpha value is -1.83. The third kappa shape index (κ3) is 3.57. The first kappa shape index (κ1) is 13.6. The number of benzene rings is 2. The summed E-state index contributed by atoms with van der Waals surface area (Å²) in [6.07, 6.45) is 0. The largest absolute Gasteiger partial charge is 0.399 e. The molecule has 19 heavy (non-hydrogen) atoms. The van der Waals surface area contributed by atoms with E-state index in [-0.39, 0.29) is 10.6 Å². The number of nitrogen functional groups attached to an aromatic ring is 1. The van der Waals surface area contributed by atoms with Crippen LogP contribution in [0, 0.1) is 13.7 Å². The summed E-state index contributed by atoms with van der Waals surface area (Å²) in [4.78, 5) is 10.3. The molecule has 2 aromatic carbocycles. The van der Waals surface area contributed by atoms with Crippen LogP contribution >= 0.6 is 22.6 Å². The topological polar surface area (TPSA) is 81.2 Å². The van der Waals surface area contributed by atoms with Crippen molar-refractivity contribution in [2.75, 3.05) is 11.1 Å². The van der Waals surface area contributed by atoms with E-state index in [1.165, 1.54) is 6.07 Å². The summed E-state index contributed by atoms with van der Waals surface area (Å²) in [6, 6.07) is 12.5. The van der Waals surface area contributed by atoms with Crippen LogP contribution in [-0.2, 0) is 6.54 Å². The van der Waals surface area contributed by atoms with Crippen molar-refractivity contribution in [3.63, 3.8) is 0 Å². The molecule has 0 heterocycles. The highest BCUT2D eigenvalue weighted by molar-refractivity contribution is 14.1. The van der Waals surface area contributed by atoms with Gasteiger partial charge >= 0.3 is 0 Å². The summed E-state index contributed by atoms with van der Waals surface area (Å²) >= 11 is 1.96. The van der Waals surface area contributed by atoms with Gasteiger partial charge in [0.15, 0.2) is 0 Å². The van der Waals surface area contributed by atoms with Crippen LogP contribution in [0.5, 0.6) is 0 Å². The predicted octanol–water partition coefficient (Wildman–Crippen LogP) is 3.39. The minimum atomic E-state index is -0.383. The Morgan fingerprint density at radius 1 is 1.21 bits per heavy atom. The van der Waals surface area contributed by atoms with Gasteiger partial charge in [-0.1, -0.05) is 12.1 Å². The Labute approximate surface area is 124 Å². The number of nitro benzene ring substituents is 1. The molecule has 0 saturated carbocycles. The minimum Gasteiger partial charge on any atom is -0.399 e. The van der Waals surface area contributed by atoms with Gasteiger partial charge in [0, 0.05) is 24.0 Å². The summed E-state index contributed by atoms with van der Waals surface area (Å²) in [5.74, 6) is 0. The third-order valence-electron chi connectivity index (χ3n) is 2.62. The predicted molar refractivity (Wildman–Crippen MR) is 84.0 cm³/mol. The lowest BCUT2D eigenvalue weighted by Gasteiger charge is -2.07. The monoisotopic (exact) mass is 369 g/mol. The van der Waals surface area contributed by atoms with E-state index in [2.05, 4.69) is 5.32 Å². The summed E-state index contributed by atoms with van der Waals surface area (Å²) < 4.78 is 0.616. The van der Waals surface area contributed by atoms with Crippen molar-refractivity contribution in [2.45, 2.75) is 6.54 Å². The summed E-state index contributed by atoms with van der Waals surface area (Å²) in [6.45, 7) is 0.647. The second-order valence-electron chi connectivity index (χ2n) is 4.02. The van der Waals surface area contributed by atoms with Gasteiger partial charge < -0.3 is 11.1 Å². The van der Waals surface area contributed by atoms with Crippen molar-refractivity contribution in [1.29, 1.82) is 0 Å². The van der Waals surface area contributed by atoms with Crippen molar-refractivity contribution in [3.05, 3.63) is 61.7 Å². The molecular formula is C13H12IN3O2. The lowest BCUT2D eigenvalue weighted by atomic mass is 10.2. The van der Waals surface area contributed by atoms with E-state index in [9.17, 15) is 10.1 Å². The number of nitrogens with two attached hydrogens (primary N) is 1. The maximum Gasteiger partial charge on any atom is 0.282 e. The van der Waals surface area contributed by atoms with Crippen LogP contribution in [0.4, 0.5) is 17.1 Å². The van der Waals surface area contributed by atoms with Crippen molar-refractivity contribution in [2.24, 2.45) is 0 Å². The van der Waals surface area contributed by atoms with Crippen molar-refractivity contribution in [3.8, 4) is 0 Å². The molecule has 0 radical (unpaired) electrons. The Kier molecular flexibility index (Phi) is 4.20. The molecule has 5 nitrogen and oxygen atoms in total. The molecule has 0 aliphatic heterocycles. The van der Waals surface area contributed by atoms with Gasteiger partial charge in [-0.15, -0.1) is 0 Å². The van der Waals surface area contributed by atoms with Crippen LogP contribution in [-0.4, -0.2) is 4.92 Å². The van der Waals surface area contributed by atoms with E-state index in [1.54, 1.807) is 12.1 Å². The summed E-state index contributed by atoms with van der Waals surface area (Å²) in [5, 5.41) is 13.9. The molecule has 0 amide bonds. The number of hydrogen-bond acceptors (Lipinski definition) is 4. The van der Waals surface area contributed by atoms with Crippen LogP contribution in [0.1, 0.15) is 5.56 Å². The smallest absolute Gasteiger partial charge is 0.282 e. The van der Waals surface area contributed by atoms with Crippen LogP contribution in [0.25, 0.3) is 0 Å². The van der Waals surface area contributed by atoms with Gasteiger partial charge in [-0.3, -0.25) is 10.1 Å². The molecule has 6 heteroatoms. The lowest BCUT2D eigenvalue weighted by Crippen LogP contribution is -2.00. The van der Waals surface area contributed by atoms with Crippen molar-refractivity contribution < 1.29 is 4.92 Å². The molecule has 0 atom stereocenters. The molecule has 0 saturated heterocycles. The Morgan fingerprint density at radius 2 is 1.89 bits per heavy atom. The van der Waals surface area contributed by atoms with Gasteiger partial charge in [0.25, 0.3) is 5.69 Å². The van der Waals surface area contributed by atoms with E-state index in [1.807, 2.05) is 46.9 Å². The molecule has 3 N–H and O–H groups in total. The quantitative estimate of drug-likeness (QED) is 0.375. The maximum absolute atomic E-state index is 10.7. The number of nitro groups is 1. The van der Waals surface area contributed by atoms with Crippen LogP contribution < -0.4 is 11.1 Å².